The van der Waals surface area contributed by atoms with Crippen LogP contribution in [0.5, 0.6) is 5.75 Å². The van der Waals surface area contributed by atoms with Crippen LogP contribution in [0.2, 0.25) is 0 Å². The van der Waals surface area contributed by atoms with Gasteiger partial charge in [0.1, 0.15) is 11.4 Å². The summed E-state index contributed by atoms with van der Waals surface area (Å²) in [6.45, 7) is 3.68. The second kappa shape index (κ2) is 4.42. The quantitative estimate of drug-likeness (QED) is 0.931. The van der Waals surface area contributed by atoms with Crippen LogP contribution < -0.4 is 4.74 Å². The minimum absolute atomic E-state index is 0.200. The first kappa shape index (κ1) is 12.6. The summed E-state index contributed by atoms with van der Waals surface area (Å²) >= 11 is 3.43. The molecule has 1 aromatic carbocycles. The summed E-state index contributed by atoms with van der Waals surface area (Å²) in [6, 6.07) is 3.90. The average molecular weight is 299 g/mol. The van der Waals surface area contributed by atoms with Gasteiger partial charge < -0.3 is 9.84 Å². The molecule has 0 amide bonds. The molecule has 0 spiro atoms. The molecule has 1 N–H and O–H groups in total. The molecule has 1 heterocycles. The topological polar surface area (TPSA) is 46.5 Å². The minimum Gasteiger partial charge on any atom is -0.493 e. The molecular formula is C13H15BrO3. The predicted molar refractivity (Wildman–Crippen MR) is 68.3 cm³/mol. The number of rotatable bonds is 3. The Bertz CT molecular complexity index is 460. The lowest BCUT2D eigenvalue weighted by molar-refractivity contribution is -0.133. The van der Waals surface area contributed by atoms with Gasteiger partial charge in [-0.3, -0.25) is 4.79 Å². The van der Waals surface area contributed by atoms with Crippen LogP contribution in [0.3, 0.4) is 0 Å². The van der Waals surface area contributed by atoms with Gasteiger partial charge in [0, 0.05) is 22.9 Å². The van der Waals surface area contributed by atoms with Crippen molar-refractivity contribution in [3.8, 4) is 5.75 Å². The highest BCUT2D eigenvalue weighted by Crippen LogP contribution is 2.33. The van der Waals surface area contributed by atoms with E-state index in [-0.39, 0.29) is 12.2 Å². The van der Waals surface area contributed by atoms with E-state index in [1.807, 2.05) is 12.1 Å². The van der Waals surface area contributed by atoms with Crippen molar-refractivity contribution < 1.29 is 14.6 Å². The lowest BCUT2D eigenvalue weighted by Crippen LogP contribution is -2.32. The van der Waals surface area contributed by atoms with Gasteiger partial charge in [0.25, 0.3) is 0 Å². The van der Waals surface area contributed by atoms with Crippen LogP contribution in [0, 0.1) is 0 Å². The van der Waals surface area contributed by atoms with Gasteiger partial charge in [-0.15, -0.1) is 0 Å². The third kappa shape index (κ3) is 2.69. The van der Waals surface area contributed by atoms with E-state index in [1.54, 1.807) is 0 Å². The molecule has 0 radical (unpaired) electrons. The van der Waals surface area contributed by atoms with Crippen molar-refractivity contribution >= 4 is 21.7 Å². The maximum atomic E-state index is 11.8. The molecule has 1 aromatic rings. The van der Waals surface area contributed by atoms with Gasteiger partial charge in [0.2, 0.25) is 0 Å². The lowest BCUT2D eigenvalue weighted by Gasteiger charge is -2.16. The molecule has 1 aliphatic heterocycles. The molecule has 0 bridgehead atoms. The highest BCUT2D eigenvalue weighted by atomic mass is 79.9. The Morgan fingerprint density at radius 3 is 2.88 bits per heavy atom. The molecular weight excluding hydrogens is 284 g/mol. The highest BCUT2D eigenvalue weighted by Gasteiger charge is 2.26. The summed E-state index contributed by atoms with van der Waals surface area (Å²) in [7, 11) is 0. The third-order valence-corrected chi connectivity index (χ3v) is 3.32. The normalized spacial score (nSPS) is 14.4. The van der Waals surface area contributed by atoms with Crippen LogP contribution in [0.15, 0.2) is 16.6 Å². The summed E-state index contributed by atoms with van der Waals surface area (Å²) in [5, 5.41) is 9.66. The Hall–Kier alpha value is -0.870. The molecule has 0 saturated heterocycles. The fraction of sp³-hybridized carbons (Fsp3) is 0.462. The molecule has 0 saturated carbocycles. The highest BCUT2D eigenvalue weighted by molar-refractivity contribution is 9.10. The van der Waals surface area contributed by atoms with Crippen molar-refractivity contribution in [3.63, 3.8) is 0 Å². The smallest absolute Gasteiger partial charge is 0.168 e. The molecule has 92 valence electrons. The number of ether oxygens (including phenoxy) is 1. The zero-order chi connectivity index (χ0) is 12.6. The van der Waals surface area contributed by atoms with E-state index >= 15 is 0 Å². The molecule has 0 unspecified atom stereocenters. The maximum Gasteiger partial charge on any atom is 0.168 e. The number of hydrogen-bond donors (Lipinski definition) is 1. The fourth-order valence-corrected chi connectivity index (χ4v) is 2.42. The summed E-state index contributed by atoms with van der Waals surface area (Å²) < 4.78 is 6.49. The van der Waals surface area contributed by atoms with Crippen molar-refractivity contribution in [1.82, 2.24) is 0 Å². The van der Waals surface area contributed by atoms with Crippen molar-refractivity contribution in [2.45, 2.75) is 32.3 Å². The zero-order valence-corrected chi connectivity index (χ0v) is 11.5. The van der Waals surface area contributed by atoms with Crippen LogP contribution in [0.1, 0.15) is 25.0 Å². The second-order valence-electron chi connectivity index (χ2n) is 4.81. The van der Waals surface area contributed by atoms with Crippen molar-refractivity contribution in [3.05, 3.63) is 27.7 Å². The van der Waals surface area contributed by atoms with Crippen molar-refractivity contribution in [2.24, 2.45) is 0 Å². The minimum atomic E-state index is -1.30. The van der Waals surface area contributed by atoms with Gasteiger partial charge in [-0.05, 0) is 31.5 Å². The molecule has 3 nitrogen and oxygen atoms in total. The first-order valence-corrected chi connectivity index (χ1v) is 6.37. The molecule has 0 fully saturated rings. The summed E-state index contributed by atoms with van der Waals surface area (Å²) in [5.41, 5.74) is 0.672. The first-order chi connectivity index (χ1) is 7.88. The Labute approximate surface area is 109 Å². The van der Waals surface area contributed by atoms with E-state index in [2.05, 4.69) is 15.9 Å². The van der Waals surface area contributed by atoms with Gasteiger partial charge in [0.05, 0.1) is 6.61 Å². The Morgan fingerprint density at radius 1 is 1.53 bits per heavy atom. The van der Waals surface area contributed by atoms with Gasteiger partial charge in [-0.2, -0.15) is 0 Å². The first-order valence-electron chi connectivity index (χ1n) is 5.57. The van der Waals surface area contributed by atoms with Gasteiger partial charge in [0.15, 0.2) is 5.78 Å². The lowest BCUT2D eigenvalue weighted by atomic mass is 9.95. The fourth-order valence-electron chi connectivity index (χ4n) is 1.87. The van der Waals surface area contributed by atoms with E-state index in [0.29, 0.717) is 6.61 Å². The Morgan fingerprint density at radius 2 is 2.24 bits per heavy atom. The summed E-state index contributed by atoms with van der Waals surface area (Å²) in [5.74, 6) is 0.610. The SMILES string of the molecule is CC(C)(O)C(=O)Cc1cc(Br)cc2c1OCC2. The largest absolute Gasteiger partial charge is 0.493 e. The van der Waals surface area contributed by atoms with E-state index in [9.17, 15) is 9.90 Å². The van der Waals surface area contributed by atoms with E-state index in [1.165, 1.54) is 13.8 Å². The van der Waals surface area contributed by atoms with Crippen molar-refractivity contribution in [1.29, 1.82) is 0 Å². The monoisotopic (exact) mass is 298 g/mol. The van der Waals surface area contributed by atoms with Gasteiger partial charge in [-0.25, -0.2) is 0 Å². The van der Waals surface area contributed by atoms with E-state index in [4.69, 9.17) is 4.74 Å². The second-order valence-corrected chi connectivity index (χ2v) is 5.73. The Balaban J connectivity index is 2.31. The number of ketones is 1. The molecule has 2 rings (SSSR count). The van der Waals surface area contributed by atoms with Gasteiger partial charge in [-0.1, -0.05) is 15.9 Å². The third-order valence-electron chi connectivity index (χ3n) is 2.86. The zero-order valence-electron chi connectivity index (χ0n) is 9.92. The van der Waals surface area contributed by atoms with Gasteiger partial charge >= 0.3 is 0 Å². The van der Waals surface area contributed by atoms with Crippen LogP contribution >= 0.6 is 15.9 Å². The van der Waals surface area contributed by atoms with E-state index in [0.717, 1.165) is 27.8 Å². The number of carbonyl (C=O) groups is 1. The molecule has 0 aromatic heterocycles. The molecule has 17 heavy (non-hydrogen) atoms. The summed E-state index contributed by atoms with van der Waals surface area (Å²) in [4.78, 5) is 11.8. The van der Waals surface area contributed by atoms with Crippen LogP contribution in [0.4, 0.5) is 0 Å². The van der Waals surface area contributed by atoms with Crippen LogP contribution in [-0.4, -0.2) is 23.1 Å². The summed E-state index contributed by atoms with van der Waals surface area (Å²) in [6.07, 6.45) is 1.07. The molecule has 4 heteroatoms. The van der Waals surface area contributed by atoms with Crippen LogP contribution in [-0.2, 0) is 17.6 Å². The molecule has 0 atom stereocenters. The number of aliphatic hydroxyl groups is 1. The number of carbonyl (C=O) groups excluding carboxylic acids is 1. The maximum absolute atomic E-state index is 11.8. The van der Waals surface area contributed by atoms with Crippen LogP contribution in [0.25, 0.3) is 0 Å². The molecule has 1 aliphatic rings. The van der Waals surface area contributed by atoms with E-state index < -0.39 is 5.60 Å². The molecule has 0 aliphatic carbocycles. The standard InChI is InChI=1S/C13H15BrO3/c1-13(2,16)11(15)7-9-6-10(14)5-8-3-4-17-12(8)9/h5-6,16H,3-4,7H2,1-2H3. The van der Waals surface area contributed by atoms with Crippen molar-refractivity contribution in [2.75, 3.05) is 6.61 Å². The number of fused-ring (bicyclic) bond motifs is 1. The number of benzene rings is 1. The predicted octanol–water partition coefficient (Wildman–Crippen LogP) is 2.27. The average Bonchev–Trinajstić information content (AvgIpc) is 2.63. The number of Topliss-reactive ketones (excluding diaryl/α,β-unsaturated/α-hetero) is 1. The number of halogens is 1. The Kier molecular flexibility index (Phi) is 3.27. The number of hydrogen-bond acceptors (Lipinski definition) is 3.